The third kappa shape index (κ3) is 8.82. The highest BCUT2D eigenvalue weighted by molar-refractivity contribution is 5.99. The number of likely N-dealkylation sites (N-methyl/N-ethyl adjacent to an activating group) is 2. The molecule has 1 aliphatic rings. The first-order valence-electron chi connectivity index (χ1n) is 14.8. The van der Waals surface area contributed by atoms with E-state index in [9.17, 15) is 19.2 Å². The van der Waals surface area contributed by atoms with Gasteiger partial charge in [-0.2, -0.15) is 0 Å². The topological polar surface area (TPSA) is 117 Å². The van der Waals surface area contributed by atoms with Gasteiger partial charge in [-0.25, -0.2) is 0 Å². The molecule has 4 rings (SSSR count). The van der Waals surface area contributed by atoms with Crippen molar-refractivity contribution >= 4 is 23.6 Å². The lowest BCUT2D eigenvalue weighted by molar-refractivity contribution is -0.136. The SMILES string of the molecule is Cc1ccccc1OCCN(C)C(=O)[C@@H]1CCC(=O)N[C@H](Cc2ccccc2)C(=O)N(C)CCOc2ccccc2C(=O)N1. The average Bonchev–Trinajstić information content (AvgIpc) is 3.03. The Balaban J connectivity index is 1.53. The fourth-order valence-corrected chi connectivity index (χ4v) is 4.92. The molecule has 0 saturated heterocycles. The third-order valence-corrected chi connectivity index (χ3v) is 7.53. The van der Waals surface area contributed by atoms with Gasteiger partial charge in [0.05, 0.1) is 18.7 Å². The number of carbonyl (C=O) groups excluding carboxylic acids is 4. The number of ether oxygens (including phenoxy) is 2. The minimum atomic E-state index is -0.999. The third-order valence-electron chi connectivity index (χ3n) is 7.53. The summed E-state index contributed by atoms with van der Waals surface area (Å²) < 4.78 is 11.8. The summed E-state index contributed by atoms with van der Waals surface area (Å²) >= 11 is 0. The minimum Gasteiger partial charge on any atom is -0.491 e. The summed E-state index contributed by atoms with van der Waals surface area (Å²) in [6, 6.07) is 22.0. The van der Waals surface area contributed by atoms with Crippen molar-refractivity contribution in [2.24, 2.45) is 0 Å². The van der Waals surface area contributed by atoms with Gasteiger partial charge < -0.3 is 29.9 Å². The van der Waals surface area contributed by atoms with Gasteiger partial charge in [0.15, 0.2) is 0 Å². The van der Waals surface area contributed by atoms with E-state index >= 15 is 0 Å². The molecule has 3 aromatic rings. The van der Waals surface area contributed by atoms with Crippen LogP contribution >= 0.6 is 0 Å². The lowest BCUT2D eigenvalue weighted by Crippen LogP contribution is -2.50. The zero-order valence-corrected chi connectivity index (χ0v) is 25.5. The van der Waals surface area contributed by atoms with E-state index in [1.54, 1.807) is 38.4 Å². The molecule has 1 heterocycles. The molecule has 10 heteroatoms. The fraction of sp³-hybridized carbons (Fsp3) is 0.353. The molecule has 1 aliphatic heterocycles. The molecular formula is C34H40N4O6. The van der Waals surface area contributed by atoms with Crippen molar-refractivity contribution in [1.29, 1.82) is 0 Å². The van der Waals surface area contributed by atoms with E-state index in [0.717, 1.165) is 16.9 Å². The maximum absolute atomic E-state index is 13.6. The Morgan fingerprint density at radius 2 is 1.68 bits per heavy atom. The normalized spacial score (nSPS) is 18.1. The number of amides is 4. The van der Waals surface area contributed by atoms with E-state index in [0.29, 0.717) is 12.2 Å². The van der Waals surface area contributed by atoms with Crippen molar-refractivity contribution < 1.29 is 28.7 Å². The highest BCUT2D eigenvalue weighted by Gasteiger charge is 2.29. The van der Waals surface area contributed by atoms with E-state index < -0.39 is 23.9 Å². The van der Waals surface area contributed by atoms with Crippen LogP contribution in [0, 0.1) is 6.92 Å². The number of nitrogens with zero attached hydrogens (tertiary/aromatic N) is 2. The Kier molecular flexibility index (Phi) is 11.3. The molecule has 3 aromatic carbocycles. The molecule has 0 aliphatic carbocycles. The molecule has 232 valence electrons. The zero-order valence-electron chi connectivity index (χ0n) is 25.5. The van der Waals surface area contributed by atoms with Gasteiger partial charge in [-0.3, -0.25) is 19.2 Å². The van der Waals surface area contributed by atoms with Gasteiger partial charge in [0.25, 0.3) is 5.91 Å². The maximum atomic E-state index is 13.6. The number of hydrogen-bond donors (Lipinski definition) is 2. The van der Waals surface area contributed by atoms with Crippen molar-refractivity contribution in [2.75, 3.05) is 40.4 Å². The second-order valence-corrected chi connectivity index (χ2v) is 10.9. The van der Waals surface area contributed by atoms with Crippen LogP contribution in [0.1, 0.15) is 34.3 Å². The predicted octanol–water partition coefficient (Wildman–Crippen LogP) is 2.99. The van der Waals surface area contributed by atoms with Gasteiger partial charge >= 0.3 is 0 Å². The van der Waals surface area contributed by atoms with Gasteiger partial charge in [-0.1, -0.05) is 60.7 Å². The predicted molar refractivity (Wildman–Crippen MR) is 166 cm³/mol. The summed E-state index contributed by atoms with van der Waals surface area (Å²) in [6.45, 7) is 2.84. The number of benzene rings is 3. The van der Waals surface area contributed by atoms with Crippen LogP contribution < -0.4 is 20.1 Å². The van der Waals surface area contributed by atoms with E-state index in [-0.39, 0.29) is 56.5 Å². The van der Waals surface area contributed by atoms with Crippen molar-refractivity contribution in [3.63, 3.8) is 0 Å². The Bertz CT molecular complexity index is 1450. The van der Waals surface area contributed by atoms with E-state index in [1.807, 2.05) is 61.5 Å². The summed E-state index contributed by atoms with van der Waals surface area (Å²) in [6.07, 6.45) is 0.261. The Hall–Kier alpha value is -4.86. The molecule has 4 amide bonds. The summed E-state index contributed by atoms with van der Waals surface area (Å²) in [5.74, 6) is -0.443. The van der Waals surface area contributed by atoms with Crippen molar-refractivity contribution in [3.05, 3.63) is 95.6 Å². The second kappa shape index (κ2) is 15.6. The number of nitrogens with one attached hydrogen (secondary N) is 2. The lowest BCUT2D eigenvalue weighted by Gasteiger charge is -2.26. The molecule has 0 radical (unpaired) electrons. The molecule has 10 nitrogen and oxygen atoms in total. The molecule has 0 bridgehead atoms. The van der Waals surface area contributed by atoms with Gasteiger partial charge in [0, 0.05) is 26.9 Å². The van der Waals surface area contributed by atoms with E-state index in [2.05, 4.69) is 10.6 Å². The Morgan fingerprint density at radius 3 is 2.45 bits per heavy atom. The highest BCUT2D eigenvalue weighted by atomic mass is 16.5. The van der Waals surface area contributed by atoms with Crippen LogP contribution in [-0.4, -0.2) is 85.9 Å². The number of rotatable bonds is 7. The first-order chi connectivity index (χ1) is 21.2. The fourth-order valence-electron chi connectivity index (χ4n) is 4.92. The first kappa shape index (κ1) is 32.1. The molecule has 2 N–H and O–H groups in total. The number of carbonyl (C=O) groups is 4. The van der Waals surface area contributed by atoms with Crippen LogP contribution in [0.25, 0.3) is 0 Å². The van der Waals surface area contributed by atoms with E-state index in [4.69, 9.17) is 9.47 Å². The van der Waals surface area contributed by atoms with Gasteiger partial charge in [0.1, 0.15) is 36.8 Å². The smallest absolute Gasteiger partial charge is 0.255 e. The van der Waals surface area contributed by atoms with Crippen LogP contribution in [0.2, 0.25) is 0 Å². The molecular weight excluding hydrogens is 560 g/mol. The number of fused-ring (bicyclic) bond motifs is 1. The lowest BCUT2D eigenvalue weighted by atomic mass is 10.0. The summed E-state index contributed by atoms with van der Waals surface area (Å²) in [5, 5.41) is 5.68. The molecule has 2 atom stereocenters. The molecule has 0 aromatic heterocycles. The molecule has 0 spiro atoms. The quantitative estimate of drug-likeness (QED) is 0.431. The standard InChI is InChI=1S/C34H40N4O6/c1-24-11-7-9-15-29(24)43-21-19-37(2)33(41)27-17-18-31(39)35-28(23-25-12-5-4-6-13-25)34(42)38(3)20-22-44-30-16-10-8-14-26(30)32(40)36-27/h4-16,27-28H,17-23H2,1-3H3,(H,35,39)(H,36,40)/t27-,28+/m0/s1. The Morgan fingerprint density at radius 1 is 0.977 bits per heavy atom. The Labute approximate surface area is 258 Å². The molecule has 44 heavy (non-hydrogen) atoms. The van der Waals surface area contributed by atoms with Crippen molar-refractivity contribution in [2.45, 2.75) is 38.3 Å². The largest absolute Gasteiger partial charge is 0.491 e. The van der Waals surface area contributed by atoms with Crippen LogP contribution in [0.3, 0.4) is 0 Å². The molecule has 0 saturated carbocycles. The zero-order chi connectivity index (χ0) is 31.5. The van der Waals surface area contributed by atoms with Crippen molar-refractivity contribution in [3.8, 4) is 11.5 Å². The van der Waals surface area contributed by atoms with Crippen LogP contribution in [-0.2, 0) is 20.8 Å². The average molecular weight is 601 g/mol. The monoisotopic (exact) mass is 600 g/mol. The molecule has 0 fully saturated rings. The van der Waals surface area contributed by atoms with Crippen LogP contribution in [0.5, 0.6) is 11.5 Å². The summed E-state index contributed by atoms with van der Waals surface area (Å²) in [5.41, 5.74) is 2.14. The highest BCUT2D eigenvalue weighted by Crippen LogP contribution is 2.20. The number of hydrogen-bond acceptors (Lipinski definition) is 6. The van der Waals surface area contributed by atoms with Gasteiger partial charge in [-0.15, -0.1) is 0 Å². The summed E-state index contributed by atoms with van der Waals surface area (Å²) in [4.78, 5) is 56.6. The number of aryl methyl sites for hydroxylation is 1. The van der Waals surface area contributed by atoms with Gasteiger partial charge in [0.2, 0.25) is 17.7 Å². The molecule has 0 unspecified atom stereocenters. The second-order valence-electron chi connectivity index (χ2n) is 10.9. The first-order valence-corrected chi connectivity index (χ1v) is 14.8. The maximum Gasteiger partial charge on any atom is 0.255 e. The van der Waals surface area contributed by atoms with Crippen LogP contribution in [0.15, 0.2) is 78.9 Å². The van der Waals surface area contributed by atoms with Crippen molar-refractivity contribution in [1.82, 2.24) is 20.4 Å². The van der Waals surface area contributed by atoms with Gasteiger partial charge in [-0.05, 0) is 42.7 Å². The van der Waals surface area contributed by atoms with E-state index in [1.165, 1.54) is 9.80 Å². The number of para-hydroxylation sites is 2. The van der Waals surface area contributed by atoms with Crippen LogP contribution in [0.4, 0.5) is 0 Å². The minimum absolute atomic E-state index is 0.0323. The summed E-state index contributed by atoms with van der Waals surface area (Å²) in [7, 11) is 3.28.